The molecule has 2 nitrogen and oxygen atoms in total. The van der Waals surface area contributed by atoms with E-state index in [2.05, 4.69) is 50.3 Å². The molecule has 220 valence electrons. The molecule has 0 fully saturated rings. The van der Waals surface area contributed by atoms with Crippen LogP contribution in [-0.4, -0.2) is 9.13 Å². The summed E-state index contributed by atoms with van der Waals surface area (Å²) in [6, 6.07) is 16.8. The first-order chi connectivity index (χ1) is 20.0. The van der Waals surface area contributed by atoms with Crippen LogP contribution in [0, 0.1) is 75.2 Å². The zero-order chi connectivity index (χ0) is 30.8. The van der Waals surface area contributed by atoms with Gasteiger partial charge in [0.15, 0.2) is 0 Å². The maximum Gasteiger partial charge on any atom is 4.00 e. The number of halogens is 4. The second-order valence-corrected chi connectivity index (χ2v) is 9.85. The van der Waals surface area contributed by atoms with Gasteiger partial charge in [-0.05, 0) is 63.3 Å². The van der Waals surface area contributed by atoms with Crippen molar-refractivity contribution < 1.29 is 39.3 Å². The number of aryl methyl sites for hydroxylation is 4. The fourth-order valence-electron chi connectivity index (χ4n) is 4.34. The molecule has 0 radical (unpaired) electrons. The number of allylic oxidation sites excluding steroid dienone is 8. The van der Waals surface area contributed by atoms with Gasteiger partial charge in [0.05, 0.1) is 0 Å². The van der Waals surface area contributed by atoms with Gasteiger partial charge in [0.25, 0.3) is 0 Å². The van der Waals surface area contributed by atoms with E-state index in [9.17, 15) is 17.6 Å². The smallest absolute Gasteiger partial charge is 0.370 e. The van der Waals surface area contributed by atoms with Gasteiger partial charge in [0, 0.05) is 46.0 Å². The van der Waals surface area contributed by atoms with Gasteiger partial charge in [-0.15, -0.1) is 49.2 Å². The molecular weight excluding hydrogens is 584 g/mol. The normalized spacial score (nSPS) is 12.6. The number of hydrogen-bond acceptors (Lipinski definition) is 0. The molecule has 43 heavy (non-hydrogen) atoms. The second-order valence-electron chi connectivity index (χ2n) is 9.85. The zero-order valence-electron chi connectivity index (χ0n) is 25.2. The average Bonchev–Trinajstić information content (AvgIpc) is 3.74. The van der Waals surface area contributed by atoms with Gasteiger partial charge in [-0.25, -0.2) is 40.9 Å². The summed E-state index contributed by atoms with van der Waals surface area (Å²) in [5.41, 5.74) is 6.84. The molecule has 2 heterocycles. The number of aromatic nitrogens is 2. The topological polar surface area (TPSA) is 9.86 Å². The number of benzene rings is 2. The third-order valence-corrected chi connectivity index (χ3v) is 6.44. The molecule has 0 amide bonds. The SMILES string of the molecule is CC1=[C-]CC=C1.CC1=[C-]CC=C1.Cc1ccc(C)n1-c1ccc(F)[c-]c1F.Cc1ccc(C)n1-c1ccc(F)[c-]c1F.[Ti+4]. The van der Waals surface area contributed by atoms with E-state index in [0.717, 1.165) is 35.6 Å². The predicted molar refractivity (Wildman–Crippen MR) is 160 cm³/mol. The van der Waals surface area contributed by atoms with Crippen molar-refractivity contribution in [2.45, 2.75) is 54.4 Å². The van der Waals surface area contributed by atoms with Crippen LogP contribution in [0.1, 0.15) is 49.5 Å². The quantitative estimate of drug-likeness (QED) is 0.120. The number of rotatable bonds is 2. The Kier molecular flexibility index (Phi) is 14.0. The van der Waals surface area contributed by atoms with Crippen molar-refractivity contribution >= 4 is 0 Å². The molecule has 6 rings (SSSR count). The minimum absolute atomic E-state index is 0. The molecule has 4 aromatic rings. The molecule has 0 N–H and O–H groups in total. The minimum atomic E-state index is -0.682. The molecule has 2 aromatic heterocycles. The number of nitrogens with zero attached hydrogens (tertiary/aromatic N) is 2. The van der Waals surface area contributed by atoms with E-state index in [1.54, 1.807) is 9.13 Å². The monoisotopic (exact) mass is 618 g/mol. The molecule has 0 saturated heterocycles. The standard InChI is InChI=1S/2C12H10F2N.2C6H7.Ti/c2*1-8-3-4-9(2)15(8)12-6-5-10(13)7-11(12)14;2*1-6-4-2-3-5-6;/h2*3-6H,1-2H3;2*2,4H,3H2,1H3;/q4*-1;+4. The van der Waals surface area contributed by atoms with E-state index in [1.807, 2.05) is 64.1 Å². The molecule has 0 unspecified atom stereocenters. The van der Waals surface area contributed by atoms with E-state index in [1.165, 1.54) is 35.4 Å². The zero-order valence-corrected chi connectivity index (χ0v) is 26.8. The Morgan fingerprint density at radius 1 is 0.512 bits per heavy atom. The molecule has 0 saturated carbocycles. The van der Waals surface area contributed by atoms with E-state index >= 15 is 0 Å². The fourth-order valence-corrected chi connectivity index (χ4v) is 4.34. The average molecular weight is 619 g/mol. The summed E-state index contributed by atoms with van der Waals surface area (Å²) in [4.78, 5) is 0. The summed E-state index contributed by atoms with van der Waals surface area (Å²) in [6.45, 7) is 11.6. The molecule has 0 spiro atoms. The van der Waals surface area contributed by atoms with Crippen LogP contribution in [0.2, 0.25) is 0 Å². The van der Waals surface area contributed by atoms with Crippen LogP contribution < -0.4 is 0 Å². The Morgan fingerprint density at radius 2 is 0.837 bits per heavy atom. The summed E-state index contributed by atoms with van der Waals surface area (Å²) in [7, 11) is 0. The molecule has 2 aromatic carbocycles. The molecule has 0 aliphatic heterocycles. The van der Waals surface area contributed by atoms with Gasteiger partial charge < -0.3 is 9.13 Å². The fraction of sp³-hybridized carbons (Fsp3) is 0.222. The van der Waals surface area contributed by atoms with Gasteiger partial charge in [-0.3, -0.25) is 12.2 Å². The molecule has 2 aliphatic rings. The Balaban J connectivity index is 0.000000215. The number of hydrogen-bond donors (Lipinski definition) is 0. The van der Waals surface area contributed by atoms with Crippen LogP contribution in [0.5, 0.6) is 0 Å². The summed E-state index contributed by atoms with van der Waals surface area (Å²) >= 11 is 0. The van der Waals surface area contributed by atoms with Gasteiger partial charge >= 0.3 is 21.7 Å². The van der Waals surface area contributed by atoms with Gasteiger partial charge in [-0.2, -0.15) is 12.2 Å². The van der Waals surface area contributed by atoms with E-state index in [-0.39, 0.29) is 21.7 Å². The first-order valence-electron chi connectivity index (χ1n) is 13.5. The van der Waals surface area contributed by atoms with Crippen LogP contribution in [0.4, 0.5) is 17.6 Å². The van der Waals surface area contributed by atoms with E-state index < -0.39 is 23.3 Å². The van der Waals surface area contributed by atoms with Crippen molar-refractivity contribution in [3.8, 4) is 11.4 Å². The third kappa shape index (κ3) is 10.3. The summed E-state index contributed by atoms with van der Waals surface area (Å²) in [5.74, 6) is -2.70. The van der Waals surface area contributed by atoms with Crippen LogP contribution >= 0.6 is 0 Å². The summed E-state index contributed by atoms with van der Waals surface area (Å²) < 4.78 is 55.7. The maximum absolute atomic E-state index is 13.5. The van der Waals surface area contributed by atoms with Gasteiger partial charge in [-0.1, -0.05) is 13.8 Å². The second kappa shape index (κ2) is 16.9. The van der Waals surface area contributed by atoms with Crippen molar-refractivity contribution in [2.75, 3.05) is 0 Å². The summed E-state index contributed by atoms with van der Waals surface area (Å²) in [5, 5.41) is 0. The third-order valence-electron chi connectivity index (χ3n) is 6.44. The molecule has 0 atom stereocenters. The van der Waals surface area contributed by atoms with Crippen LogP contribution in [0.15, 0.2) is 84.0 Å². The van der Waals surface area contributed by atoms with Crippen molar-refractivity contribution in [3.63, 3.8) is 0 Å². The van der Waals surface area contributed by atoms with Crippen molar-refractivity contribution in [2.24, 2.45) is 0 Å². The van der Waals surface area contributed by atoms with Crippen LogP contribution in [0.3, 0.4) is 0 Å². The van der Waals surface area contributed by atoms with Crippen molar-refractivity contribution in [3.05, 3.63) is 154 Å². The van der Waals surface area contributed by atoms with Gasteiger partial charge in [0.2, 0.25) is 0 Å². The largest absolute Gasteiger partial charge is 4.00 e. The van der Waals surface area contributed by atoms with Crippen molar-refractivity contribution in [1.29, 1.82) is 0 Å². The Labute approximate surface area is 267 Å². The van der Waals surface area contributed by atoms with Crippen molar-refractivity contribution in [1.82, 2.24) is 9.13 Å². The first kappa shape index (κ1) is 35.6. The van der Waals surface area contributed by atoms with E-state index in [0.29, 0.717) is 11.4 Å². The predicted octanol–water partition coefficient (Wildman–Crippen LogP) is 9.73. The van der Waals surface area contributed by atoms with Gasteiger partial charge in [0.1, 0.15) is 0 Å². The van der Waals surface area contributed by atoms with E-state index in [4.69, 9.17) is 0 Å². The minimum Gasteiger partial charge on any atom is -0.370 e. The van der Waals surface area contributed by atoms with Crippen LogP contribution in [0.25, 0.3) is 11.4 Å². The Bertz CT molecular complexity index is 1470. The summed E-state index contributed by atoms with van der Waals surface area (Å²) in [6.07, 6.45) is 16.7. The first-order valence-corrected chi connectivity index (χ1v) is 13.5. The Hall–Kier alpha value is -3.61. The molecule has 7 heteroatoms. The van der Waals surface area contributed by atoms with Crippen LogP contribution in [-0.2, 0) is 21.7 Å². The maximum atomic E-state index is 13.5. The molecule has 2 aliphatic carbocycles. The molecular formula is C36H34F4N2Ti. The molecule has 0 bridgehead atoms. The Morgan fingerprint density at radius 3 is 1.05 bits per heavy atom.